The lowest BCUT2D eigenvalue weighted by Gasteiger charge is -2.23. The van der Waals surface area contributed by atoms with E-state index in [4.69, 9.17) is 9.47 Å². The van der Waals surface area contributed by atoms with Crippen molar-refractivity contribution in [2.24, 2.45) is 10.8 Å². The summed E-state index contributed by atoms with van der Waals surface area (Å²) in [6.45, 7) is 11.2. The quantitative estimate of drug-likeness (QED) is 0.249. The first-order chi connectivity index (χ1) is 18.9. The zero-order valence-corrected chi connectivity index (χ0v) is 23.9. The Labute approximate surface area is 236 Å². The molecule has 4 aromatic carbocycles. The molecule has 4 aromatic rings. The second-order valence-electron chi connectivity index (χ2n) is 12.8. The molecule has 40 heavy (non-hydrogen) atoms. The first kappa shape index (κ1) is 26.1. The second kappa shape index (κ2) is 9.19. The van der Waals surface area contributed by atoms with Crippen molar-refractivity contribution in [1.82, 2.24) is 0 Å². The molecule has 0 heterocycles. The predicted octanol–water partition coefficient (Wildman–Crippen LogP) is 8.67. The molecule has 0 radical (unpaired) electrons. The lowest BCUT2D eigenvalue weighted by molar-refractivity contribution is -0.157. The number of hydrogen-bond acceptors (Lipinski definition) is 4. The predicted molar refractivity (Wildman–Crippen MR) is 158 cm³/mol. The molecule has 0 saturated carbocycles. The molecule has 0 aromatic heterocycles. The maximum Gasteiger partial charge on any atom is 0.312 e. The summed E-state index contributed by atoms with van der Waals surface area (Å²) in [5, 5.41) is 0. The van der Waals surface area contributed by atoms with Gasteiger partial charge in [0.1, 0.15) is 0 Å². The fourth-order valence-corrected chi connectivity index (χ4v) is 5.51. The SMILES string of the molecule is CC(C)(C)C(=O)OC1c2ccccc2-c2ccc(-c3ccc4c(c3)C(OC(=O)C(C)(C)C)c3ccccc3-4)cc21. The molecule has 6 rings (SSSR count). The highest BCUT2D eigenvalue weighted by atomic mass is 16.5. The van der Waals surface area contributed by atoms with Crippen LogP contribution in [-0.2, 0) is 19.1 Å². The summed E-state index contributed by atoms with van der Waals surface area (Å²) >= 11 is 0. The molecule has 0 amide bonds. The van der Waals surface area contributed by atoms with Gasteiger partial charge in [-0.25, -0.2) is 0 Å². The van der Waals surface area contributed by atoms with E-state index in [1.54, 1.807) is 0 Å². The van der Waals surface area contributed by atoms with Crippen molar-refractivity contribution >= 4 is 11.9 Å². The van der Waals surface area contributed by atoms with Crippen LogP contribution in [0.2, 0.25) is 0 Å². The Bertz CT molecular complexity index is 1540. The molecule has 202 valence electrons. The smallest absolute Gasteiger partial charge is 0.312 e. The van der Waals surface area contributed by atoms with Crippen LogP contribution in [0.5, 0.6) is 0 Å². The number of rotatable bonds is 3. The van der Waals surface area contributed by atoms with Crippen molar-refractivity contribution in [3.63, 3.8) is 0 Å². The number of esters is 2. The van der Waals surface area contributed by atoms with Crippen LogP contribution >= 0.6 is 0 Å². The van der Waals surface area contributed by atoms with Gasteiger partial charge in [0, 0.05) is 22.3 Å². The third-order valence-electron chi connectivity index (χ3n) is 7.74. The summed E-state index contributed by atoms with van der Waals surface area (Å²) in [7, 11) is 0. The van der Waals surface area contributed by atoms with Gasteiger partial charge in [-0.1, -0.05) is 72.8 Å². The fourth-order valence-electron chi connectivity index (χ4n) is 5.51. The van der Waals surface area contributed by atoms with Gasteiger partial charge >= 0.3 is 11.9 Å². The first-order valence-electron chi connectivity index (χ1n) is 13.8. The molecule has 0 bridgehead atoms. The molecule has 0 fully saturated rings. The van der Waals surface area contributed by atoms with Crippen LogP contribution in [0.4, 0.5) is 0 Å². The fraction of sp³-hybridized carbons (Fsp3) is 0.278. The minimum atomic E-state index is -0.607. The lowest BCUT2D eigenvalue weighted by Crippen LogP contribution is -2.24. The molecule has 0 spiro atoms. The van der Waals surface area contributed by atoms with Crippen molar-refractivity contribution in [2.75, 3.05) is 0 Å². The number of ether oxygens (including phenoxy) is 2. The van der Waals surface area contributed by atoms with E-state index in [9.17, 15) is 9.59 Å². The van der Waals surface area contributed by atoms with Gasteiger partial charge in [0.05, 0.1) is 10.8 Å². The largest absolute Gasteiger partial charge is 0.452 e. The number of hydrogen-bond donors (Lipinski definition) is 0. The van der Waals surface area contributed by atoms with Crippen LogP contribution in [0.25, 0.3) is 33.4 Å². The normalized spacial score (nSPS) is 16.9. The van der Waals surface area contributed by atoms with E-state index in [0.717, 1.165) is 55.6 Å². The molecule has 4 nitrogen and oxygen atoms in total. The zero-order valence-electron chi connectivity index (χ0n) is 23.9. The molecule has 2 unspecified atom stereocenters. The number of carbonyl (C=O) groups is 2. The zero-order chi connectivity index (χ0) is 28.4. The maximum absolute atomic E-state index is 13.0. The highest BCUT2D eigenvalue weighted by Crippen LogP contribution is 2.49. The van der Waals surface area contributed by atoms with Crippen LogP contribution in [0.15, 0.2) is 84.9 Å². The highest BCUT2D eigenvalue weighted by Gasteiger charge is 2.36. The van der Waals surface area contributed by atoms with E-state index >= 15 is 0 Å². The summed E-state index contributed by atoms with van der Waals surface area (Å²) in [6, 6.07) is 29.0. The van der Waals surface area contributed by atoms with Crippen molar-refractivity contribution < 1.29 is 19.1 Å². The maximum atomic E-state index is 13.0. The van der Waals surface area contributed by atoms with E-state index in [1.165, 1.54) is 0 Å². The Balaban J connectivity index is 1.42. The third kappa shape index (κ3) is 4.32. The number of benzene rings is 4. The van der Waals surface area contributed by atoms with Crippen LogP contribution in [-0.4, -0.2) is 11.9 Å². The molecular formula is C36H34O4. The molecular weight excluding hydrogens is 496 g/mol. The highest BCUT2D eigenvalue weighted by molar-refractivity contribution is 5.86. The summed E-state index contributed by atoms with van der Waals surface area (Å²) in [5.41, 5.74) is 9.14. The van der Waals surface area contributed by atoms with Gasteiger partial charge in [-0.05, 0) is 87.1 Å². The number of carbonyl (C=O) groups excluding carboxylic acids is 2. The summed E-state index contributed by atoms with van der Waals surface area (Å²) in [4.78, 5) is 25.9. The topological polar surface area (TPSA) is 52.6 Å². The van der Waals surface area contributed by atoms with Crippen molar-refractivity contribution in [2.45, 2.75) is 53.8 Å². The van der Waals surface area contributed by atoms with E-state index in [1.807, 2.05) is 77.9 Å². The average molecular weight is 531 g/mol. The minimum absolute atomic E-state index is 0.232. The van der Waals surface area contributed by atoms with Crippen LogP contribution < -0.4 is 0 Å². The van der Waals surface area contributed by atoms with E-state index in [0.29, 0.717) is 0 Å². The van der Waals surface area contributed by atoms with Gasteiger partial charge in [0.15, 0.2) is 12.2 Å². The molecule has 2 aliphatic carbocycles. The molecule has 0 saturated heterocycles. The van der Waals surface area contributed by atoms with Gasteiger partial charge < -0.3 is 9.47 Å². The average Bonchev–Trinajstić information content (AvgIpc) is 3.40. The van der Waals surface area contributed by atoms with E-state index in [-0.39, 0.29) is 11.9 Å². The van der Waals surface area contributed by atoms with Crippen LogP contribution in [0.1, 0.15) is 76.0 Å². The molecule has 0 N–H and O–H groups in total. The Hall–Kier alpha value is -4.18. The van der Waals surface area contributed by atoms with Crippen LogP contribution in [0.3, 0.4) is 0 Å². The second-order valence-corrected chi connectivity index (χ2v) is 12.8. The Morgan fingerprint density at radius 3 is 1.23 bits per heavy atom. The van der Waals surface area contributed by atoms with Gasteiger partial charge in [-0.2, -0.15) is 0 Å². The standard InChI is InChI=1S/C36H34O4/c1-35(2,3)33(37)39-31-27-13-9-7-11-23(27)25-17-15-21(19-29(25)31)22-16-18-26-24-12-8-10-14-28(24)32(30(26)20-22)40-34(38)36(4,5)6/h7-20,31-32H,1-6H3. The van der Waals surface area contributed by atoms with Gasteiger partial charge in [-0.3, -0.25) is 9.59 Å². The third-order valence-corrected chi connectivity index (χ3v) is 7.74. The monoisotopic (exact) mass is 530 g/mol. The lowest BCUT2D eigenvalue weighted by atomic mass is 9.94. The van der Waals surface area contributed by atoms with Crippen molar-refractivity contribution in [3.05, 3.63) is 107 Å². The Kier molecular flexibility index (Phi) is 5.99. The molecule has 2 aliphatic rings. The Morgan fingerprint density at radius 2 is 0.850 bits per heavy atom. The summed E-state index contributed by atoms with van der Waals surface area (Å²) < 4.78 is 12.3. The van der Waals surface area contributed by atoms with Gasteiger partial charge in [0.25, 0.3) is 0 Å². The van der Waals surface area contributed by atoms with E-state index < -0.39 is 23.0 Å². The first-order valence-corrected chi connectivity index (χ1v) is 13.8. The molecule has 0 aliphatic heterocycles. The molecule has 4 heteroatoms. The molecule has 2 atom stereocenters. The van der Waals surface area contributed by atoms with Gasteiger partial charge in [-0.15, -0.1) is 0 Å². The van der Waals surface area contributed by atoms with Gasteiger partial charge in [0.2, 0.25) is 0 Å². The minimum Gasteiger partial charge on any atom is -0.452 e. The summed E-state index contributed by atoms with van der Waals surface area (Å²) in [5.74, 6) is -0.464. The Morgan fingerprint density at radius 1 is 0.500 bits per heavy atom. The summed E-state index contributed by atoms with van der Waals surface area (Å²) in [6.07, 6.45) is -0.922. The number of fused-ring (bicyclic) bond motifs is 6. The van der Waals surface area contributed by atoms with E-state index in [2.05, 4.69) is 48.5 Å². The van der Waals surface area contributed by atoms with Crippen molar-refractivity contribution in [1.29, 1.82) is 0 Å². The van der Waals surface area contributed by atoms with Crippen LogP contribution in [0, 0.1) is 10.8 Å². The van der Waals surface area contributed by atoms with Crippen molar-refractivity contribution in [3.8, 4) is 33.4 Å².